The van der Waals surface area contributed by atoms with E-state index in [1.807, 2.05) is 31.2 Å². The van der Waals surface area contributed by atoms with E-state index >= 15 is 0 Å². The van der Waals surface area contributed by atoms with Gasteiger partial charge in [-0.3, -0.25) is 4.79 Å². The second-order valence-corrected chi connectivity index (χ2v) is 5.89. The molecule has 3 rings (SSSR count). The summed E-state index contributed by atoms with van der Waals surface area (Å²) in [5.41, 5.74) is 1.57. The molecule has 5 heteroatoms. The van der Waals surface area contributed by atoms with Crippen LogP contribution in [0.25, 0.3) is 22.3 Å². The van der Waals surface area contributed by atoms with Crippen LogP contribution in [0.4, 0.5) is 0 Å². The highest BCUT2D eigenvalue weighted by atomic mass is 79.9. The summed E-state index contributed by atoms with van der Waals surface area (Å²) in [4.78, 5) is 23.7. The molecule has 0 atom stereocenters. The Hall–Kier alpha value is -2.40. The Bertz CT molecular complexity index is 939. The average Bonchev–Trinajstić information content (AvgIpc) is 2.47. The molecule has 0 aliphatic heterocycles. The first-order valence-electron chi connectivity index (χ1n) is 6.53. The summed E-state index contributed by atoms with van der Waals surface area (Å²) >= 11 is 3.21. The predicted octanol–water partition coefficient (Wildman–Crippen LogP) is 4.23. The highest BCUT2D eigenvalue weighted by Crippen LogP contribution is 2.27. The van der Waals surface area contributed by atoms with Crippen LogP contribution in [0.2, 0.25) is 0 Å². The molecule has 1 N–H and O–H groups in total. The van der Waals surface area contributed by atoms with E-state index in [4.69, 9.17) is 4.42 Å². The number of carboxylic acids is 1. The number of carboxylic acid groups (broad SMARTS) is 1. The zero-order chi connectivity index (χ0) is 15.9. The molecule has 0 amide bonds. The van der Waals surface area contributed by atoms with Gasteiger partial charge in [0.25, 0.3) is 0 Å². The summed E-state index contributed by atoms with van der Waals surface area (Å²) in [5.74, 6) is -0.794. The summed E-state index contributed by atoms with van der Waals surface area (Å²) in [6.45, 7) is 1.96. The average molecular weight is 359 g/mol. The van der Waals surface area contributed by atoms with Crippen molar-refractivity contribution in [3.8, 4) is 11.3 Å². The van der Waals surface area contributed by atoms with Gasteiger partial charge in [0.2, 0.25) is 0 Å². The van der Waals surface area contributed by atoms with Gasteiger partial charge in [-0.1, -0.05) is 45.8 Å². The number of rotatable bonds is 2. The van der Waals surface area contributed by atoms with Gasteiger partial charge in [0.1, 0.15) is 11.3 Å². The second-order valence-electron chi connectivity index (χ2n) is 4.98. The lowest BCUT2D eigenvalue weighted by Gasteiger charge is -2.06. The third kappa shape index (κ3) is 2.55. The van der Waals surface area contributed by atoms with E-state index < -0.39 is 5.97 Å². The summed E-state index contributed by atoms with van der Waals surface area (Å²) in [6.07, 6.45) is 0. The fourth-order valence-corrected chi connectivity index (χ4v) is 2.70. The number of halogens is 1. The summed E-state index contributed by atoms with van der Waals surface area (Å²) in [7, 11) is 0. The quantitative estimate of drug-likeness (QED) is 0.744. The van der Waals surface area contributed by atoms with E-state index in [9.17, 15) is 14.7 Å². The molecule has 0 aliphatic carbocycles. The molecule has 1 aromatic heterocycles. The first-order valence-corrected chi connectivity index (χ1v) is 7.33. The maximum Gasteiger partial charge on any atom is 0.339 e. The molecule has 1 heterocycles. The fourth-order valence-electron chi connectivity index (χ4n) is 2.24. The largest absolute Gasteiger partial charge is 0.478 e. The number of fused-ring (bicyclic) bond motifs is 1. The molecule has 0 radical (unpaired) electrons. The van der Waals surface area contributed by atoms with Crippen molar-refractivity contribution in [2.24, 2.45) is 0 Å². The van der Waals surface area contributed by atoms with Gasteiger partial charge in [-0.2, -0.15) is 0 Å². The van der Waals surface area contributed by atoms with Crippen molar-refractivity contribution in [3.05, 3.63) is 68.3 Å². The van der Waals surface area contributed by atoms with Gasteiger partial charge in [0.05, 0.1) is 5.39 Å². The molecule has 3 aromatic rings. The Morgan fingerprint density at radius 2 is 1.82 bits per heavy atom. The van der Waals surface area contributed by atoms with Crippen LogP contribution in [0.5, 0.6) is 0 Å². The zero-order valence-electron chi connectivity index (χ0n) is 11.6. The number of hydrogen-bond donors (Lipinski definition) is 1. The molecule has 0 bridgehead atoms. The molecule has 110 valence electrons. The lowest BCUT2D eigenvalue weighted by Crippen LogP contribution is -2.05. The number of benzene rings is 2. The molecule has 4 nitrogen and oxygen atoms in total. The van der Waals surface area contributed by atoms with Crippen LogP contribution in [-0.4, -0.2) is 11.1 Å². The third-order valence-corrected chi connectivity index (χ3v) is 3.82. The van der Waals surface area contributed by atoms with Crippen molar-refractivity contribution in [2.75, 3.05) is 0 Å². The topological polar surface area (TPSA) is 67.5 Å². The molecule has 2 aromatic carbocycles. The number of aryl methyl sites for hydroxylation is 1. The molecule has 0 saturated heterocycles. The van der Waals surface area contributed by atoms with Crippen LogP contribution in [-0.2, 0) is 0 Å². The number of carbonyl (C=O) groups is 1. The number of aromatic carboxylic acids is 1. The Labute approximate surface area is 134 Å². The standard InChI is InChI=1S/C17H11BrO4/c1-9-2-4-10(5-3-9)15-8-14(19)12-6-11(18)7-13(17(20)21)16(12)22-15/h2-8H,1H3,(H,20,21). The van der Waals surface area contributed by atoms with Gasteiger partial charge >= 0.3 is 5.97 Å². The summed E-state index contributed by atoms with van der Waals surface area (Å²) < 4.78 is 6.24. The van der Waals surface area contributed by atoms with Gasteiger partial charge in [0, 0.05) is 16.1 Å². The Kier molecular flexibility index (Phi) is 3.58. The lowest BCUT2D eigenvalue weighted by atomic mass is 10.1. The molecule has 0 fully saturated rings. The van der Waals surface area contributed by atoms with Crippen molar-refractivity contribution < 1.29 is 14.3 Å². The molecule has 0 unspecified atom stereocenters. The molecule has 0 saturated carbocycles. The maximum atomic E-state index is 12.3. The molecular formula is C17H11BrO4. The highest BCUT2D eigenvalue weighted by Gasteiger charge is 2.16. The summed E-state index contributed by atoms with van der Waals surface area (Å²) in [5, 5.41) is 9.55. The van der Waals surface area contributed by atoms with Crippen molar-refractivity contribution in [2.45, 2.75) is 6.92 Å². The minimum Gasteiger partial charge on any atom is -0.478 e. The molecular weight excluding hydrogens is 348 g/mol. The van der Waals surface area contributed by atoms with Gasteiger partial charge in [0.15, 0.2) is 11.0 Å². The van der Waals surface area contributed by atoms with Gasteiger partial charge < -0.3 is 9.52 Å². The normalized spacial score (nSPS) is 10.8. The van der Waals surface area contributed by atoms with Crippen LogP contribution in [0.1, 0.15) is 15.9 Å². The zero-order valence-corrected chi connectivity index (χ0v) is 13.2. The molecule has 22 heavy (non-hydrogen) atoms. The van der Waals surface area contributed by atoms with Crippen molar-refractivity contribution in [1.82, 2.24) is 0 Å². The van der Waals surface area contributed by atoms with E-state index in [-0.39, 0.29) is 22.0 Å². The van der Waals surface area contributed by atoms with E-state index in [1.165, 1.54) is 12.1 Å². The number of hydrogen-bond acceptors (Lipinski definition) is 3. The van der Waals surface area contributed by atoms with Gasteiger partial charge in [-0.15, -0.1) is 0 Å². The molecule has 0 aliphatic rings. The van der Waals surface area contributed by atoms with Crippen molar-refractivity contribution in [1.29, 1.82) is 0 Å². The molecule has 0 spiro atoms. The van der Waals surface area contributed by atoms with E-state index in [0.717, 1.165) is 11.1 Å². The van der Waals surface area contributed by atoms with Crippen molar-refractivity contribution >= 4 is 32.9 Å². The van der Waals surface area contributed by atoms with Gasteiger partial charge in [-0.05, 0) is 19.1 Å². The maximum absolute atomic E-state index is 12.3. The first kappa shape index (κ1) is 14.5. The SMILES string of the molecule is Cc1ccc(-c2cc(=O)c3cc(Br)cc(C(=O)O)c3o2)cc1. The van der Waals surface area contributed by atoms with E-state index in [2.05, 4.69) is 15.9 Å². The first-order chi connectivity index (χ1) is 10.5. The summed E-state index contributed by atoms with van der Waals surface area (Å²) in [6, 6.07) is 11.8. The van der Waals surface area contributed by atoms with Crippen LogP contribution < -0.4 is 5.43 Å². The monoisotopic (exact) mass is 358 g/mol. The van der Waals surface area contributed by atoms with E-state index in [1.54, 1.807) is 6.07 Å². The Balaban J connectivity index is 2.34. The minimum atomic E-state index is -1.14. The Morgan fingerprint density at radius 1 is 1.14 bits per heavy atom. The van der Waals surface area contributed by atoms with E-state index in [0.29, 0.717) is 10.2 Å². The minimum absolute atomic E-state index is 0.0459. The highest BCUT2D eigenvalue weighted by molar-refractivity contribution is 9.10. The Morgan fingerprint density at radius 3 is 2.45 bits per heavy atom. The van der Waals surface area contributed by atoms with Gasteiger partial charge in [-0.25, -0.2) is 4.79 Å². The van der Waals surface area contributed by atoms with Crippen LogP contribution in [0, 0.1) is 6.92 Å². The van der Waals surface area contributed by atoms with Crippen LogP contribution >= 0.6 is 15.9 Å². The predicted molar refractivity (Wildman–Crippen MR) is 87.3 cm³/mol. The second kappa shape index (κ2) is 5.42. The fraction of sp³-hybridized carbons (Fsp3) is 0.0588. The van der Waals surface area contributed by atoms with Crippen molar-refractivity contribution in [3.63, 3.8) is 0 Å². The van der Waals surface area contributed by atoms with Crippen LogP contribution in [0.3, 0.4) is 0 Å². The lowest BCUT2D eigenvalue weighted by molar-refractivity contribution is 0.0697. The third-order valence-electron chi connectivity index (χ3n) is 3.36. The smallest absolute Gasteiger partial charge is 0.339 e. The van der Waals surface area contributed by atoms with Crippen LogP contribution in [0.15, 0.2) is 56.1 Å².